The van der Waals surface area contributed by atoms with Crippen LogP contribution in [0.3, 0.4) is 0 Å². The third-order valence-electron chi connectivity index (χ3n) is 2.33. The first kappa shape index (κ1) is 16.3. The first-order valence-electron chi connectivity index (χ1n) is 5.38. The largest absolute Gasteiger partial charge is 0.349 e. The van der Waals surface area contributed by atoms with Crippen molar-refractivity contribution in [3.63, 3.8) is 0 Å². The van der Waals surface area contributed by atoms with Crippen LogP contribution >= 0.6 is 24.0 Å². The smallest absolute Gasteiger partial charge is 0.268 e. The number of carbonyl (C=O) groups excluding carboxylic acids is 1. The zero-order valence-electron chi connectivity index (χ0n) is 10.3. The third kappa shape index (κ3) is 4.98. The van der Waals surface area contributed by atoms with Gasteiger partial charge in [0.25, 0.3) is 5.91 Å². The standard InChI is InChI=1S/C11H18ClN3O.ClH/c1-4-13-8(2)6-14-11(16)10-5-9(12)7-15(10)3;/h5,7-8,13H,4,6H2,1-3H3,(H,14,16);1H/t8-;/m1./s1. The lowest BCUT2D eigenvalue weighted by Gasteiger charge is -2.13. The summed E-state index contributed by atoms with van der Waals surface area (Å²) in [4.78, 5) is 11.8. The van der Waals surface area contributed by atoms with Gasteiger partial charge in [-0.05, 0) is 19.5 Å². The Kier molecular flexibility index (Phi) is 7.27. The van der Waals surface area contributed by atoms with Gasteiger partial charge in [-0.3, -0.25) is 4.79 Å². The van der Waals surface area contributed by atoms with Crippen LogP contribution in [0.25, 0.3) is 0 Å². The summed E-state index contributed by atoms with van der Waals surface area (Å²) >= 11 is 5.81. The van der Waals surface area contributed by atoms with E-state index in [0.717, 1.165) is 6.54 Å². The van der Waals surface area contributed by atoms with Crippen LogP contribution in [0.2, 0.25) is 5.02 Å². The Hall–Kier alpha value is -0.710. The Morgan fingerprint density at radius 3 is 2.71 bits per heavy atom. The molecule has 4 nitrogen and oxygen atoms in total. The van der Waals surface area contributed by atoms with Gasteiger partial charge in [0.15, 0.2) is 0 Å². The van der Waals surface area contributed by atoms with Gasteiger partial charge in [0.1, 0.15) is 5.69 Å². The molecule has 1 atom stereocenters. The molecule has 0 fully saturated rings. The van der Waals surface area contributed by atoms with E-state index in [9.17, 15) is 4.79 Å². The zero-order valence-corrected chi connectivity index (χ0v) is 11.9. The highest BCUT2D eigenvalue weighted by molar-refractivity contribution is 6.31. The first-order chi connectivity index (χ1) is 7.54. The molecule has 0 aliphatic rings. The fourth-order valence-electron chi connectivity index (χ4n) is 1.51. The summed E-state index contributed by atoms with van der Waals surface area (Å²) in [5.41, 5.74) is 0.577. The van der Waals surface area contributed by atoms with E-state index in [1.807, 2.05) is 13.8 Å². The number of halogens is 2. The molecule has 1 heterocycles. The van der Waals surface area contributed by atoms with E-state index >= 15 is 0 Å². The van der Waals surface area contributed by atoms with E-state index in [0.29, 0.717) is 17.3 Å². The Labute approximate surface area is 113 Å². The normalized spacial score (nSPS) is 11.8. The second kappa shape index (κ2) is 7.58. The number of nitrogens with zero attached hydrogens (tertiary/aromatic N) is 1. The second-order valence-corrected chi connectivity index (χ2v) is 4.26. The molecule has 0 aromatic carbocycles. The minimum absolute atomic E-state index is 0. The lowest BCUT2D eigenvalue weighted by molar-refractivity contribution is 0.0942. The van der Waals surface area contributed by atoms with Gasteiger partial charge < -0.3 is 15.2 Å². The maximum atomic E-state index is 11.8. The summed E-state index contributed by atoms with van der Waals surface area (Å²) in [5, 5.41) is 6.66. The van der Waals surface area contributed by atoms with Crippen molar-refractivity contribution in [1.29, 1.82) is 0 Å². The average molecular weight is 280 g/mol. The van der Waals surface area contributed by atoms with Gasteiger partial charge in [0, 0.05) is 25.8 Å². The molecule has 1 amide bonds. The topological polar surface area (TPSA) is 46.1 Å². The van der Waals surface area contributed by atoms with Crippen molar-refractivity contribution in [2.45, 2.75) is 19.9 Å². The van der Waals surface area contributed by atoms with Crippen LogP contribution in [0.15, 0.2) is 12.3 Å². The molecule has 0 aliphatic carbocycles. The Morgan fingerprint density at radius 1 is 1.59 bits per heavy atom. The Balaban J connectivity index is 0.00000256. The molecule has 0 aliphatic heterocycles. The third-order valence-corrected chi connectivity index (χ3v) is 2.53. The highest BCUT2D eigenvalue weighted by Gasteiger charge is 2.11. The van der Waals surface area contributed by atoms with Gasteiger partial charge in [0.05, 0.1) is 5.02 Å². The Bertz CT molecular complexity index is 366. The molecule has 17 heavy (non-hydrogen) atoms. The molecule has 1 aromatic heterocycles. The van der Waals surface area contributed by atoms with Crippen molar-refractivity contribution >= 4 is 29.9 Å². The van der Waals surface area contributed by atoms with Crippen LogP contribution in [0.5, 0.6) is 0 Å². The highest BCUT2D eigenvalue weighted by Crippen LogP contribution is 2.12. The lowest BCUT2D eigenvalue weighted by atomic mass is 10.3. The SMILES string of the molecule is CCN[C@H](C)CNC(=O)c1cc(Cl)cn1C.Cl. The van der Waals surface area contributed by atoms with Crippen LogP contribution in [-0.4, -0.2) is 29.6 Å². The molecule has 6 heteroatoms. The summed E-state index contributed by atoms with van der Waals surface area (Å²) in [7, 11) is 1.80. The minimum Gasteiger partial charge on any atom is -0.349 e. The number of aryl methyl sites for hydroxylation is 1. The van der Waals surface area contributed by atoms with Gasteiger partial charge in [-0.25, -0.2) is 0 Å². The molecule has 1 rings (SSSR count). The summed E-state index contributed by atoms with van der Waals surface area (Å²) in [6.45, 7) is 5.57. The quantitative estimate of drug-likeness (QED) is 0.864. The van der Waals surface area contributed by atoms with Crippen LogP contribution in [0.4, 0.5) is 0 Å². The van der Waals surface area contributed by atoms with E-state index in [4.69, 9.17) is 11.6 Å². The molecule has 0 spiro atoms. The predicted octanol–water partition coefficient (Wildman–Crippen LogP) is 1.83. The average Bonchev–Trinajstić information content (AvgIpc) is 2.55. The van der Waals surface area contributed by atoms with Gasteiger partial charge in [-0.1, -0.05) is 18.5 Å². The van der Waals surface area contributed by atoms with Crippen LogP contribution in [-0.2, 0) is 7.05 Å². The summed E-state index contributed by atoms with van der Waals surface area (Å²) in [5.74, 6) is -0.0980. The number of nitrogens with one attached hydrogen (secondary N) is 2. The van der Waals surface area contributed by atoms with Crippen LogP contribution < -0.4 is 10.6 Å². The molecule has 2 N–H and O–H groups in total. The molecule has 0 radical (unpaired) electrons. The minimum atomic E-state index is -0.0980. The summed E-state index contributed by atoms with van der Waals surface area (Å²) in [6.07, 6.45) is 1.71. The van der Waals surface area contributed by atoms with E-state index in [1.165, 1.54) is 0 Å². The summed E-state index contributed by atoms with van der Waals surface area (Å²) < 4.78 is 1.72. The number of aromatic nitrogens is 1. The summed E-state index contributed by atoms with van der Waals surface area (Å²) in [6, 6.07) is 1.93. The van der Waals surface area contributed by atoms with Gasteiger partial charge >= 0.3 is 0 Å². The van der Waals surface area contributed by atoms with Gasteiger partial charge in [-0.2, -0.15) is 0 Å². The number of hydrogen-bond donors (Lipinski definition) is 2. The van der Waals surface area contributed by atoms with Crippen molar-refractivity contribution in [3.8, 4) is 0 Å². The molecule has 0 unspecified atom stereocenters. The first-order valence-corrected chi connectivity index (χ1v) is 5.75. The fraction of sp³-hybridized carbons (Fsp3) is 0.545. The Morgan fingerprint density at radius 2 is 2.24 bits per heavy atom. The molecule has 1 aromatic rings. The van der Waals surface area contributed by atoms with Crippen molar-refractivity contribution in [3.05, 3.63) is 23.0 Å². The highest BCUT2D eigenvalue weighted by atomic mass is 35.5. The van der Waals surface area contributed by atoms with Crippen LogP contribution in [0, 0.1) is 0 Å². The van der Waals surface area contributed by atoms with Crippen molar-refractivity contribution in [2.24, 2.45) is 7.05 Å². The molecule has 0 bridgehead atoms. The van der Waals surface area contributed by atoms with Crippen molar-refractivity contribution in [2.75, 3.05) is 13.1 Å². The predicted molar refractivity (Wildman–Crippen MR) is 73.1 cm³/mol. The van der Waals surface area contributed by atoms with Crippen LogP contribution in [0.1, 0.15) is 24.3 Å². The maximum absolute atomic E-state index is 11.8. The monoisotopic (exact) mass is 279 g/mol. The molecule has 98 valence electrons. The molecular formula is C11H19Cl2N3O. The van der Waals surface area contributed by atoms with Crippen molar-refractivity contribution < 1.29 is 4.79 Å². The van der Waals surface area contributed by atoms with E-state index in [-0.39, 0.29) is 24.4 Å². The van der Waals surface area contributed by atoms with Gasteiger partial charge in [-0.15, -0.1) is 12.4 Å². The number of amides is 1. The lowest BCUT2D eigenvalue weighted by Crippen LogP contribution is -2.39. The number of carbonyl (C=O) groups is 1. The van der Waals surface area contributed by atoms with E-state index < -0.39 is 0 Å². The zero-order chi connectivity index (χ0) is 12.1. The number of rotatable bonds is 5. The maximum Gasteiger partial charge on any atom is 0.268 e. The van der Waals surface area contributed by atoms with Crippen molar-refractivity contribution in [1.82, 2.24) is 15.2 Å². The van der Waals surface area contributed by atoms with Gasteiger partial charge in [0.2, 0.25) is 0 Å². The molecule has 0 saturated carbocycles. The number of likely N-dealkylation sites (N-methyl/N-ethyl adjacent to an activating group) is 1. The second-order valence-electron chi connectivity index (χ2n) is 3.82. The molecule has 0 saturated heterocycles. The fourth-order valence-corrected chi connectivity index (χ4v) is 1.76. The van der Waals surface area contributed by atoms with E-state index in [1.54, 1.807) is 23.9 Å². The number of hydrogen-bond acceptors (Lipinski definition) is 2. The molecular weight excluding hydrogens is 261 g/mol. The van der Waals surface area contributed by atoms with E-state index in [2.05, 4.69) is 10.6 Å².